The minimum atomic E-state index is -0.169. The number of ether oxygens (including phenoxy) is 2. The molecule has 0 saturated heterocycles. The summed E-state index contributed by atoms with van der Waals surface area (Å²) in [5.41, 5.74) is 2.64. The molecule has 0 aliphatic carbocycles. The number of aryl methyl sites for hydroxylation is 1. The molecule has 172 valence electrons. The molecule has 0 bridgehead atoms. The summed E-state index contributed by atoms with van der Waals surface area (Å²) in [6.45, 7) is 6.83. The van der Waals surface area contributed by atoms with Gasteiger partial charge in [-0.05, 0) is 57.5 Å². The summed E-state index contributed by atoms with van der Waals surface area (Å²) < 4.78 is 18.3. The standard InChI is InChI=1S/C25H26ClN3O4/c1-4-31-23(30)9-6-13-29-14-12-18-19(7-5-8-21(18)29)24-27-25(33-28-24)17-10-11-22(20(26)15-17)32-16(2)3/h5,7-8,10-12,14-16H,4,6,9,13H2,1-3H3. The Bertz CT molecular complexity index is 1260. The molecule has 8 heteroatoms. The zero-order chi connectivity index (χ0) is 23.4. The predicted molar refractivity (Wildman–Crippen MR) is 127 cm³/mol. The summed E-state index contributed by atoms with van der Waals surface area (Å²) in [6, 6.07) is 13.4. The van der Waals surface area contributed by atoms with E-state index in [0.29, 0.717) is 48.5 Å². The number of carbonyl (C=O) groups is 1. The van der Waals surface area contributed by atoms with Gasteiger partial charge in [0.25, 0.3) is 5.89 Å². The molecular weight excluding hydrogens is 442 g/mol. The number of esters is 1. The highest BCUT2D eigenvalue weighted by atomic mass is 35.5. The van der Waals surface area contributed by atoms with Gasteiger partial charge in [-0.2, -0.15) is 4.98 Å². The fourth-order valence-electron chi connectivity index (χ4n) is 3.67. The molecule has 2 heterocycles. The molecule has 33 heavy (non-hydrogen) atoms. The normalized spacial score (nSPS) is 11.3. The Labute approximate surface area is 197 Å². The van der Waals surface area contributed by atoms with Gasteiger partial charge in [-0.15, -0.1) is 0 Å². The lowest BCUT2D eigenvalue weighted by molar-refractivity contribution is -0.143. The average Bonchev–Trinajstić information content (AvgIpc) is 3.43. The average molecular weight is 468 g/mol. The van der Waals surface area contributed by atoms with Crippen molar-refractivity contribution in [1.29, 1.82) is 0 Å². The molecule has 4 rings (SSSR count). The number of hydrogen-bond acceptors (Lipinski definition) is 6. The zero-order valence-electron chi connectivity index (χ0n) is 18.9. The molecule has 2 aromatic heterocycles. The fourth-order valence-corrected chi connectivity index (χ4v) is 3.90. The molecule has 0 saturated carbocycles. The van der Waals surface area contributed by atoms with Crippen LogP contribution in [0, 0.1) is 0 Å². The van der Waals surface area contributed by atoms with Crippen molar-refractivity contribution in [2.24, 2.45) is 0 Å². The Morgan fingerprint density at radius 1 is 1.21 bits per heavy atom. The summed E-state index contributed by atoms with van der Waals surface area (Å²) in [4.78, 5) is 16.2. The lowest BCUT2D eigenvalue weighted by atomic mass is 10.1. The monoisotopic (exact) mass is 467 g/mol. The highest BCUT2D eigenvalue weighted by molar-refractivity contribution is 6.32. The van der Waals surface area contributed by atoms with Crippen LogP contribution in [0.5, 0.6) is 5.75 Å². The second-order valence-corrected chi connectivity index (χ2v) is 8.30. The topological polar surface area (TPSA) is 79.4 Å². The minimum Gasteiger partial charge on any atom is -0.489 e. The zero-order valence-corrected chi connectivity index (χ0v) is 19.6. The van der Waals surface area contributed by atoms with Gasteiger partial charge in [0.05, 0.1) is 17.7 Å². The number of nitrogens with zero attached hydrogens (tertiary/aromatic N) is 3. The number of halogens is 1. The Kier molecular flexibility index (Phi) is 6.99. The van der Waals surface area contributed by atoms with E-state index >= 15 is 0 Å². The van der Waals surface area contributed by atoms with Crippen LogP contribution < -0.4 is 4.74 Å². The summed E-state index contributed by atoms with van der Waals surface area (Å²) in [5, 5.41) is 5.70. The first-order valence-electron chi connectivity index (χ1n) is 11.0. The first-order valence-corrected chi connectivity index (χ1v) is 11.4. The van der Waals surface area contributed by atoms with Crippen LogP contribution in [0.25, 0.3) is 33.7 Å². The molecule has 0 aliphatic rings. The molecule has 2 aromatic carbocycles. The van der Waals surface area contributed by atoms with Gasteiger partial charge in [-0.1, -0.05) is 28.9 Å². The van der Waals surface area contributed by atoms with Crippen molar-refractivity contribution in [1.82, 2.24) is 14.7 Å². The third kappa shape index (κ3) is 5.20. The van der Waals surface area contributed by atoms with E-state index in [0.717, 1.165) is 22.0 Å². The van der Waals surface area contributed by atoms with Crippen LogP contribution in [-0.4, -0.2) is 33.4 Å². The lowest BCUT2D eigenvalue weighted by Crippen LogP contribution is -2.05. The van der Waals surface area contributed by atoms with E-state index in [1.165, 1.54) is 0 Å². The first kappa shape index (κ1) is 22.9. The SMILES string of the molecule is CCOC(=O)CCCn1ccc2c(-c3noc(-c4ccc(OC(C)C)c(Cl)c4)n3)cccc21. The van der Waals surface area contributed by atoms with Crippen LogP contribution in [0.2, 0.25) is 5.02 Å². The molecule has 0 atom stereocenters. The maximum atomic E-state index is 11.6. The highest BCUT2D eigenvalue weighted by Crippen LogP contribution is 2.33. The second-order valence-electron chi connectivity index (χ2n) is 7.89. The Balaban J connectivity index is 1.55. The van der Waals surface area contributed by atoms with Gasteiger partial charge >= 0.3 is 5.97 Å². The van der Waals surface area contributed by atoms with Gasteiger partial charge in [0.15, 0.2) is 0 Å². The molecular formula is C25H26ClN3O4. The Morgan fingerprint density at radius 3 is 2.82 bits per heavy atom. The van der Waals surface area contributed by atoms with Crippen molar-refractivity contribution in [3.05, 3.63) is 53.7 Å². The molecule has 0 N–H and O–H groups in total. The van der Waals surface area contributed by atoms with E-state index in [2.05, 4.69) is 14.7 Å². The van der Waals surface area contributed by atoms with Crippen molar-refractivity contribution in [3.8, 4) is 28.6 Å². The van der Waals surface area contributed by atoms with E-state index in [-0.39, 0.29) is 12.1 Å². The van der Waals surface area contributed by atoms with Crippen LogP contribution in [0.1, 0.15) is 33.6 Å². The predicted octanol–water partition coefficient (Wildman–Crippen LogP) is 6.14. The van der Waals surface area contributed by atoms with Crippen LogP contribution in [-0.2, 0) is 16.1 Å². The quantitative estimate of drug-likeness (QED) is 0.275. The maximum absolute atomic E-state index is 11.6. The van der Waals surface area contributed by atoms with Crippen molar-refractivity contribution >= 4 is 28.5 Å². The summed E-state index contributed by atoms with van der Waals surface area (Å²) in [5.74, 6) is 1.33. The van der Waals surface area contributed by atoms with Gasteiger partial charge < -0.3 is 18.6 Å². The smallest absolute Gasteiger partial charge is 0.305 e. The van der Waals surface area contributed by atoms with E-state index in [1.807, 2.05) is 57.3 Å². The second kappa shape index (κ2) is 10.1. The molecule has 0 aliphatic heterocycles. The third-order valence-corrected chi connectivity index (χ3v) is 5.40. The van der Waals surface area contributed by atoms with Crippen molar-refractivity contribution in [2.45, 2.75) is 46.3 Å². The molecule has 0 amide bonds. The summed E-state index contributed by atoms with van der Waals surface area (Å²) in [7, 11) is 0. The van der Waals surface area contributed by atoms with Gasteiger partial charge in [0, 0.05) is 41.2 Å². The van der Waals surface area contributed by atoms with Crippen molar-refractivity contribution < 1.29 is 18.8 Å². The van der Waals surface area contributed by atoms with E-state index in [1.54, 1.807) is 12.1 Å². The Hall–Kier alpha value is -3.32. The molecule has 0 unspecified atom stereocenters. The van der Waals surface area contributed by atoms with Gasteiger partial charge in [0.1, 0.15) is 5.75 Å². The summed E-state index contributed by atoms with van der Waals surface area (Å²) in [6.07, 6.45) is 3.14. The van der Waals surface area contributed by atoms with Gasteiger partial charge in [-0.3, -0.25) is 4.79 Å². The van der Waals surface area contributed by atoms with E-state index in [4.69, 9.17) is 25.6 Å². The van der Waals surface area contributed by atoms with Crippen molar-refractivity contribution in [2.75, 3.05) is 6.61 Å². The van der Waals surface area contributed by atoms with Crippen LogP contribution in [0.3, 0.4) is 0 Å². The van der Waals surface area contributed by atoms with Crippen LogP contribution in [0.4, 0.5) is 0 Å². The molecule has 4 aromatic rings. The molecule has 7 nitrogen and oxygen atoms in total. The number of benzene rings is 2. The highest BCUT2D eigenvalue weighted by Gasteiger charge is 2.16. The van der Waals surface area contributed by atoms with Crippen LogP contribution >= 0.6 is 11.6 Å². The number of rotatable bonds is 9. The van der Waals surface area contributed by atoms with Gasteiger partial charge in [-0.25, -0.2) is 0 Å². The van der Waals surface area contributed by atoms with E-state index in [9.17, 15) is 4.79 Å². The molecule has 0 radical (unpaired) electrons. The largest absolute Gasteiger partial charge is 0.489 e. The van der Waals surface area contributed by atoms with Crippen molar-refractivity contribution in [3.63, 3.8) is 0 Å². The minimum absolute atomic E-state index is 0.0290. The Morgan fingerprint density at radius 2 is 2.06 bits per heavy atom. The molecule has 0 fully saturated rings. The molecule has 0 spiro atoms. The van der Waals surface area contributed by atoms with E-state index < -0.39 is 0 Å². The maximum Gasteiger partial charge on any atom is 0.305 e. The number of fused-ring (bicyclic) bond motifs is 1. The third-order valence-electron chi connectivity index (χ3n) is 5.11. The lowest BCUT2D eigenvalue weighted by Gasteiger charge is -2.11. The number of aromatic nitrogens is 3. The number of hydrogen-bond donors (Lipinski definition) is 0. The number of carbonyl (C=O) groups excluding carboxylic acids is 1. The fraction of sp³-hybridized carbons (Fsp3) is 0.320. The summed E-state index contributed by atoms with van der Waals surface area (Å²) >= 11 is 6.36. The van der Waals surface area contributed by atoms with Gasteiger partial charge in [0.2, 0.25) is 5.82 Å². The first-order chi connectivity index (χ1) is 16.0. The van der Waals surface area contributed by atoms with Crippen LogP contribution in [0.15, 0.2) is 53.2 Å².